The molecule has 20 heavy (non-hydrogen) atoms. The minimum absolute atomic E-state index is 0.000674. The van der Waals surface area contributed by atoms with Crippen molar-refractivity contribution >= 4 is 25.5 Å². The molecule has 0 aromatic heterocycles. The van der Waals surface area contributed by atoms with Gasteiger partial charge < -0.3 is 5.32 Å². The van der Waals surface area contributed by atoms with Crippen molar-refractivity contribution in [3.8, 4) is 0 Å². The van der Waals surface area contributed by atoms with Gasteiger partial charge in [-0.15, -0.1) is 0 Å². The van der Waals surface area contributed by atoms with Crippen LogP contribution in [0.4, 0.5) is 5.69 Å². The molecule has 1 N–H and O–H groups in total. The van der Waals surface area contributed by atoms with Gasteiger partial charge in [0, 0.05) is 26.4 Å². The van der Waals surface area contributed by atoms with Crippen molar-refractivity contribution in [1.82, 2.24) is 4.31 Å². The molecule has 112 valence electrons. The first-order valence-electron chi connectivity index (χ1n) is 6.18. The molecule has 0 heterocycles. The number of anilines is 1. The molecule has 1 fully saturated rings. The van der Waals surface area contributed by atoms with Crippen molar-refractivity contribution < 1.29 is 16.8 Å². The fourth-order valence-electron chi connectivity index (χ4n) is 1.94. The average molecular weight is 318 g/mol. The first-order valence-corrected chi connectivity index (χ1v) is 9.51. The quantitative estimate of drug-likeness (QED) is 0.872. The Bertz CT molecular complexity index is 722. The van der Waals surface area contributed by atoms with E-state index in [9.17, 15) is 16.8 Å². The van der Waals surface area contributed by atoms with E-state index in [2.05, 4.69) is 5.32 Å². The number of rotatable bonds is 5. The van der Waals surface area contributed by atoms with Crippen LogP contribution in [0.1, 0.15) is 12.8 Å². The summed E-state index contributed by atoms with van der Waals surface area (Å²) in [4.78, 5) is -0.00315. The second-order valence-corrected chi connectivity index (χ2v) is 8.91. The molecule has 6 nitrogen and oxygen atoms in total. The van der Waals surface area contributed by atoms with Gasteiger partial charge in [-0.25, -0.2) is 16.8 Å². The van der Waals surface area contributed by atoms with E-state index < -0.39 is 19.9 Å². The van der Waals surface area contributed by atoms with Gasteiger partial charge >= 0.3 is 0 Å². The van der Waals surface area contributed by atoms with E-state index in [-0.39, 0.29) is 15.8 Å². The number of nitrogens with zero attached hydrogens (tertiary/aromatic N) is 1. The smallest absolute Gasteiger partial charge is 0.245 e. The minimum atomic E-state index is -3.69. The molecule has 0 atom stereocenters. The highest BCUT2D eigenvalue weighted by Crippen LogP contribution is 2.33. The molecule has 1 saturated carbocycles. The van der Waals surface area contributed by atoms with Crippen LogP contribution >= 0.6 is 0 Å². The summed E-state index contributed by atoms with van der Waals surface area (Å²) in [7, 11) is -4.02. The lowest BCUT2D eigenvalue weighted by Gasteiger charge is -2.19. The molecule has 0 amide bonds. The summed E-state index contributed by atoms with van der Waals surface area (Å²) in [5.41, 5.74) is 0.393. The summed E-state index contributed by atoms with van der Waals surface area (Å²) in [6, 6.07) is 4.11. The van der Waals surface area contributed by atoms with Crippen LogP contribution in [0.5, 0.6) is 0 Å². The third-order valence-electron chi connectivity index (χ3n) is 3.37. The summed E-state index contributed by atoms with van der Waals surface area (Å²) in [5.74, 6) is 0. The van der Waals surface area contributed by atoms with E-state index in [0.717, 1.165) is 19.1 Å². The maximum Gasteiger partial charge on any atom is 0.245 e. The van der Waals surface area contributed by atoms with E-state index in [4.69, 9.17) is 0 Å². The highest BCUT2D eigenvalue weighted by atomic mass is 32.2. The molecule has 0 saturated heterocycles. The van der Waals surface area contributed by atoms with E-state index in [1.54, 1.807) is 7.05 Å². The summed E-state index contributed by atoms with van der Waals surface area (Å²) in [6.07, 6.45) is 2.75. The lowest BCUT2D eigenvalue weighted by Crippen LogP contribution is -2.29. The molecule has 1 aliphatic carbocycles. The number of sulfonamides is 1. The molecule has 0 spiro atoms. The number of hydrogen-bond acceptors (Lipinski definition) is 5. The SMILES string of the molecule is CNc1ccc(S(C)(=O)=O)cc1S(=O)(=O)N(C)C1CC1. The van der Waals surface area contributed by atoms with Gasteiger partial charge in [0.2, 0.25) is 10.0 Å². The average Bonchev–Trinajstić information content (AvgIpc) is 3.20. The minimum Gasteiger partial charge on any atom is -0.387 e. The largest absolute Gasteiger partial charge is 0.387 e. The lowest BCUT2D eigenvalue weighted by molar-refractivity contribution is 0.464. The second kappa shape index (κ2) is 5.01. The van der Waals surface area contributed by atoms with Crippen molar-refractivity contribution in [2.24, 2.45) is 0 Å². The first kappa shape index (κ1) is 15.3. The highest BCUT2D eigenvalue weighted by molar-refractivity contribution is 7.91. The standard InChI is InChI=1S/C12H18N2O4S2/c1-13-11-7-6-10(19(3,15)16)8-12(11)20(17,18)14(2)9-4-5-9/h6-9,13H,4-5H2,1-3H3. The lowest BCUT2D eigenvalue weighted by atomic mass is 10.3. The number of nitrogens with one attached hydrogen (secondary N) is 1. The predicted octanol–water partition coefficient (Wildman–Crippen LogP) is 0.915. The Morgan fingerprint density at radius 3 is 2.25 bits per heavy atom. The Labute approximate surface area is 119 Å². The number of hydrogen-bond donors (Lipinski definition) is 1. The monoisotopic (exact) mass is 318 g/mol. The van der Waals surface area contributed by atoms with E-state index >= 15 is 0 Å². The van der Waals surface area contributed by atoms with Gasteiger partial charge in [0.1, 0.15) is 4.90 Å². The van der Waals surface area contributed by atoms with Gasteiger partial charge in [-0.1, -0.05) is 0 Å². The maximum absolute atomic E-state index is 12.6. The molecule has 2 rings (SSSR count). The van der Waals surface area contributed by atoms with Crippen LogP contribution in [0.25, 0.3) is 0 Å². The molecule has 0 unspecified atom stereocenters. The van der Waals surface area contributed by atoms with Gasteiger partial charge in [0.15, 0.2) is 9.84 Å². The van der Waals surface area contributed by atoms with E-state index in [0.29, 0.717) is 5.69 Å². The zero-order valence-electron chi connectivity index (χ0n) is 11.6. The van der Waals surface area contributed by atoms with Gasteiger partial charge in [-0.05, 0) is 31.0 Å². The topological polar surface area (TPSA) is 83.5 Å². The van der Waals surface area contributed by atoms with Crippen LogP contribution in [-0.4, -0.2) is 47.5 Å². The molecular formula is C12H18N2O4S2. The Morgan fingerprint density at radius 1 is 1.20 bits per heavy atom. The van der Waals surface area contributed by atoms with Crippen LogP contribution in [0.15, 0.2) is 28.0 Å². The molecular weight excluding hydrogens is 300 g/mol. The van der Waals surface area contributed by atoms with Crippen LogP contribution in [0.3, 0.4) is 0 Å². The van der Waals surface area contributed by atoms with Gasteiger partial charge in [0.05, 0.1) is 10.6 Å². The molecule has 0 aliphatic heterocycles. The second-order valence-electron chi connectivity index (χ2n) is 4.93. The predicted molar refractivity (Wildman–Crippen MR) is 77.1 cm³/mol. The van der Waals surface area contributed by atoms with Gasteiger partial charge in [-0.2, -0.15) is 4.31 Å². The molecule has 1 aromatic rings. The molecule has 1 aromatic carbocycles. The molecule has 0 radical (unpaired) electrons. The van der Waals surface area contributed by atoms with Crippen molar-refractivity contribution in [1.29, 1.82) is 0 Å². The zero-order valence-corrected chi connectivity index (χ0v) is 13.3. The fraction of sp³-hybridized carbons (Fsp3) is 0.500. The first-order chi connectivity index (χ1) is 9.17. The van der Waals surface area contributed by atoms with Crippen molar-refractivity contribution in [2.45, 2.75) is 28.7 Å². The normalized spacial score (nSPS) is 16.4. The summed E-state index contributed by atoms with van der Waals surface area (Å²) < 4.78 is 49.6. The maximum atomic E-state index is 12.6. The molecule has 8 heteroatoms. The number of sulfone groups is 1. The van der Waals surface area contributed by atoms with Crippen molar-refractivity contribution in [3.63, 3.8) is 0 Å². The Hall–Kier alpha value is -1.12. The Morgan fingerprint density at radius 2 is 1.80 bits per heavy atom. The third kappa shape index (κ3) is 2.82. The summed E-state index contributed by atoms with van der Waals surface area (Å²) >= 11 is 0. The fourth-order valence-corrected chi connectivity index (χ4v) is 4.30. The summed E-state index contributed by atoms with van der Waals surface area (Å²) in [6.45, 7) is 0. The highest BCUT2D eigenvalue weighted by Gasteiger charge is 2.36. The van der Waals surface area contributed by atoms with Crippen LogP contribution in [0, 0.1) is 0 Å². The Kier molecular flexibility index (Phi) is 3.83. The van der Waals surface area contributed by atoms with Crippen LogP contribution in [0.2, 0.25) is 0 Å². The van der Waals surface area contributed by atoms with Crippen LogP contribution < -0.4 is 5.32 Å². The third-order valence-corrected chi connectivity index (χ3v) is 6.43. The molecule has 0 bridgehead atoms. The summed E-state index contributed by atoms with van der Waals surface area (Å²) in [5, 5.41) is 2.79. The number of benzene rings is 1. The molecule has 1 aliphatic rings. The van der Waals surface area contributed by atoms with Crippen molar-refractivity contribution in [3.05, 3.63) is 18.2 Å². The van der Waals surface area contributed by atoms with Crippen LogP contribution in [-0.2, 0) is 19.9 Å². The van der Waals surface area contributed by atoms with E-state index in [1.165, 1.54) is 29.6 Å². The Balaban J connectivity index is 2.59. The van der Waals surface area contributed by atoms with E-state index in [1.807, 2.05) is 0 Å². The van der Waals surface area contributed by atoms with Gasteiger partial charge in [-0.3, -0.25) is 0 Å². The zero-order chi connectivity index (χ0) is 15.1. The van der Waals surface area contributed by atoms with Crippen molar-refractivity contribution in [2.75, 3.05) is 25.7 Å². The van der Waals surface area contributed by atoms with Gasteiger partial charge in [0.25, 0.3) is 0 Å².